The first-order valence-corrected chi connectivity index (χ1v) is 6.27. The number of hydrogen-bond donors (Lipinski definition) is 2. The Morgan fingerprint density at radius 2 is 1.87 bits per heavy atom. The van der Waals surface area contributed by atoms with Crippen LogP contribution < -0.4 is 5.73 Å². The van der Waals surface area contributed by atoms with Crippen LogP contribution >= 0.6 is 0 Å². The molecule has 0 spiro atoms. The number of unbranched alkanes of at least 4 members (excludes halogenated alkanes) is 3. The lowest BCUT2D eigenvalue weighted by molar-refractivity contribution is 0.180. The van der Waals surface area contributed by atoms with E-state index in [0.717, 1.165) is 12.3 Å². The molecule has 0 bridgehead atoms. The van der Waals surface area contributed by atoms with Gasteiger partial charge < -0.3 is 15.7 Å². The largest absolute Gasteiger partial charge is 0.396 e. The van der Waals surface area contributed by atoms with Gasteiger partial charge in [-0.25, -0.2) is 0 Å². The van der Waals surface area contributed by atoms with E-state index in [2.05, 4.69) is 11.9 Å². The molecule has 1 saturated carbocycles. The van der Waals surface area contributed by atoms with E-state index >= 15 is 0 Å². The maximum absolute atomic E-state index is 8.64. The van der Waals surface area contributed by atoms with Crippen LogP contribution in [-0.4, -0.2) is 42.8 Å². The molecule has 0 aliphatic heterocycles. The Morgan fingerprint density at radius 3 is 2.47 bits per heavy atom. The summed E-state index contributed by atoms with van der Waals surface area (Å²) in [5.74, 6) is 0.849. The van der Waals surface area contributed by atoms with E-state index in [1.165, 1.54) is 45.2 Å². The van der Waals surface area contributed by atoms with Crippen LogP contribution in [0.3, 0.4) is 0 Å². The highest BCUT2D eigenvalue weighted by molar-refractivity contribution is 4.83. The van der Waals surface area contributed by atoms with Crippen molar-refractivity contribution >= 4 is 0 Å². The Morgan fingerprint density at radius 1 is 1.20 bits per heavy atom. The van der Waals surface area contributed by atoms with Crippen LogP contribution in [0.25, 0.3) is 0 Å². The summed E-state index contributed by atoms with van der Waals surface area (Å²) in [7, 11) is 2.20. The third-order valence-electron chi connectivity index (χ3n) is 3.29. The molecule has 0 saturated heterocycles. The molecule has 1 aliphatic rings. The smallest absolute Gasteiger partial charge is 0.0431 e. The van der Waals surface area contributed by atoms with Crippen molar-refractivity contribution in [1.82, 2.24) is 4.90 Å². The van der Waals surface area contributed by atoms with Crippen molar-refractivity contribution < 1.29 is 5.11 Å². The lowest BCUT2D eigenvalue weighted by Gasteiger charge is -2.35. The van der Waals surface area contributed by atoms with Crippen LogP contribution in [0.4, 0.5) is 0 Å². The fraction of sp³-hybridized carbons (Fsp3) is 1.00. The number of aliphatic hydroxyl groups excluding tert-OH is 1. The Kier molecular flexibility index (Phi) is 6.22. The number of hydrogen-bond acceptors (Lipinski definition) is 3. The van der Waals surface area contributed by atoms with Crippen molar-refractivity contribution in [3.05, 3.63) is 0 Å². The van der Waals surface area contributed by atoms with Gasteiger partial charge in [-0.15, -0.1) is 0 Å². The van der Waals surface area contributed by atoms with Gasteiger partial charge in [-0.3, -0.25) is 0 Å². The monoisotopic (exact) mass is 214 g/mol. The predicted octanol–water partition coefficient (Wildman–Crippen LogP) is 1.21. The molecule has 90 valence electrons. The lowest BCUT2D eigenvalue weighted by atomic mass is 9.80. The van der Waals surface area contributed by atoms with Crippen molar-refractivity contribution in [2.45, 2.75) is 44.6 Å². The summed E-state index contributed by atoms with van der Waals surface area (Å²) in [5.41, 5.74) is 5.76. The molecule has 15 heavy (non-hydrogen) atoms. The first kappa shape index (κ1) is 12.9. The first-order valence-electron chi connectivity index (χ1n) is 6.27. The summed E-state index contributed by atoms with van der Waals surface area (Å²) in [6.45, 7) is 2.75. The van der Waals surface area contributed by atoms with Gasteiger partial charge in [0.15, 0.2) is 0 Å². The zero-order valence-corrected chi connectivity index (χ0v) is 9.99. The molecule has 0 atom stereocenters. The molecule has 0 unspecified atom stereocenters. The van der Waals surface area contributed by atoms with E-state index in [1.54, 1.807) is 0 Å². The summed E-state index contributed by atoms with van der Waals surface area (Å²) >= 11 is 0. The van der Waals surface area contributed by atoms with Crippen LogP contribution in [0.2, 0.25) is 0 Å². The minimum atomic E-state index is 0.343. The summed E-state index contributed by atoms with van der Waals surface area (Å²) in [5, 5.41) is 8.64. The standard InChI is InChI=1S/C12H26N2O/c1-14(6-4-2-3-5-7-15)10-11-8-12(13)9-11/h11-12,15H,2-10,13H2,1H3. The highest BCUT2D eigenvalue weighted by Gasteiger charge is 2.26. The third kappa shape index (κ3) is 5.50. The van der Waals surface area contributed by atoms with Gasteiger partial charge >= 0.3 is 0 Å². The van der Waals surface area contributed by atoms with Crippen molar-refractivity contribution in [2.75, 3.05) is 26.7 Å². The molecular weight excluding hydrogens is 188 g/mol. The summed E-state index contributed by atoms with van der Waals surface area (Å²) < 4.78 is 0. The van der Waals surface area contributed by atoms with E-state index in [9.17, 15) is 0 Å². The first-order chi connectivity index (χ1) is 7.22. The molecule has 0 aromatic heterocycles. The summed E-state index contributed by atoms with van der Waals surface area (Å²) in [4.78, 5) is 2.43. The highest BCUT2D eigenvalue weighted by atomic mass is 16.2. The molecule has 3 heteroatoms. The Hall–Kier alpha value is -0.120. The molecule has 0 amide bonds. The Bertz CT molecular complexity index is 158. The second-order valence-corrected chi connectivity index (χ2v) is 5.00. The van der Waals surface area contributed by atoms with E-state index in [-0.39, 0.29) is 0 Å². The van der Waals surface area contributed by atoms with Gasteiger partial charge in [-0.05, 0) is 45.2 Å². The van der Waals surface area contributed by atoms with E-state index in [1.807, 2.05) is 0 Å². The molecule has 0 aromatic carbocycles. The molecule has 3 nitrogen and oxygen atoms in total. The van der Waals surface area contributed by atoms with Gasteiger partial charge in [-0.1, -0.05) is 12.8 Å². The minimum Gasteiger partial charge on any atom is -0.396 e. The van der Waals surface area contributed by atoms with Crippen LogP contribution in [0, 0.1) is 5.92 Å². The zero-order valence-electron chi connectivity index (χ0n) is 9.99. The summed E-state index contributed by atoms with van der Waals surface area (Å²) in [6.07, 6.45) is 7.06. The topological polar surface area (TPSA) is 49.5 Å². The van der Waals surface area contributed by atoms with E-state index < -0.39 is 0 Å². The van der Waals surface area contributed by atoms with Gasteiger partial charge in [0.05, 0.1) is 0 Å². The quantitative estimate of drug-likeness (QED) is 0.597. The van der Waals surface area contributed by atoms with Crippen LogP contribution in [0.5, 0.6) is 0 Å². The maximum Gasteiger partial charge on any atom is 0.0431 e. The summed E-state index contributed by atoms with van der Waals surface area (Å²) in [6, 6.07) is 0.480. The van der Waals surface area contributed by atoms with Crippen LogP contribution in [-0.2, 0) is 0 Å². The van der Waals surface area contributed by atoms with Crippen molar-refractivity contribution in [3.8, 4) is 0 Å². The number of rotatable bonds is 8. The molecule has 0 aromatic rings. The molecule has 3 N–H and O–H groups in total. The van der Waals surface area contributed by atoms with Gasteiger partial charge in [0.2, 0.25) is 0 Å². The third-order valence-corrected chi connectivity index (χ3v) is 3.29. The number of aliphatic hydroxyl groups is 1. The number of nitrogens with two attached hydrogens (primary N) is 1. The lowest BCUT2D eigenvalue weighted by Crippen LogP contribution is -2.42. The fourth-order valence-electron chi connectivity index (χ4n) is 2.32. The van der Waals surface area contributed by atoms with E-state index in [0.29, 0.717) is 12.6 Å². The zero-order chi connectivity index (χ0) is 11.1. The fourth-order valence-corrected chi connectivity index (χ4v) is 2.32. The Balaban J connectivity index is 1.87. The van der Waals surface area contributed by atoms with Gasteiger partial charge in [-0.2, -0.15) is 0 Å². The van der Waals surface area contributed by atoms with Crippen molar-refractivity contribution in [2.24, 2.45) is 11.7 Å². The van der Waals surface area contributed by atoms with Gasteiger partial charge in [0.25, 0.3) is 0 Å². The average molecular weight is 214 g/mol. The van der Waals surface area contributed by atoms with Gasteiger partial charge in [0.1, 0.15) is 0 Å². The molecular formula is C12H26N2O. The van der Waals surface area contributed by atoms with Gasteiger partial charge in [0, 0.05) is 19.2 Å². The molecule has 0 radical (unpaired) electrons. The second-order valence-electron chi connectivity index (χ2n) is 5.00. The number of nitrogens with zero attached hydrogens (tertiary/aromatic N) is 1. The average Bonchev–Trinajstić information content (AvgIpc) is 2.15. The highest BCUT2D eigenvalue weighted by Crippen LogP contribution is 2.25. The molecule has 0 heterocycles. The minimum absolute atomic E-state index is 0.343. The molecule has 1 rings (SSSR count). The maximum atomic E-state index is 8.64. The predicted molar refractivity (Wildman–Crippen MR) is 63.8 cm³/mol. The van der Waals surface area contributed by atoms with E-state index in [4.69, 9.17) is 10.8 Å². The normalized spacial score (nSPS) is 25.6. The molecule has 1 aliphatic carbocycles. The van der Waals surface area contributed by atoms with Crippen molar-refractivity contribution in [1.29, 1.82) is 0 Å². The second kappa shape index (κ2) is 7.20. The Labute approximate surface area is 93.6 Å². The SMILES string of the molecule is CN(CCCCCCO)CC1CC(N)C1. The molecule has 1 fully saturated rings. The van der Waals surface area contributed by atoms with Crippen LogP contribution in [0.15, 0.2) is 0 Å². The van der Waals surface area contributed by atoms with Crippen LogP contribution in [0.1, 0.15) is 38.5 Å². The van der Waals surface area contributed by atoms with Crippen molar-refractivity contribution in [3.63, 3.8) is 0 Å².